The van der Waals surface area contributed by atoms with Gasteiger partial charge in [-0.05, 0) is 35.9 Å². The molecule has 0 fully saturated rings. The molecule has 2 N–H and O–H groups in total. The standard InChI is InChI=1S/C19H19N3O5S/c1-28(24,25)13-4-5-14-15(11-13)21-22-19(14)20-18(23)10-12-3-6-16-17(9-12)27-8-2-7-26-16/h3-6,9,11H,2,7-8,10H2,1H3,(H2,20,21,22,23). The average molecular weight is 401 g/mol. The fraction of sp³-hybridized carbons (Fsp3) is 0.263. The summed E-state index contributed by atoms with van der Waals surface area (Å²) < 4.78 is 34.6. The van der Waals surface area contributed by atoms with E-state index in [0.717, 1.165) is 18.2 Å². The predicted molar refractivity (Wildman–Crippen MR) is 104 cm³/mol. The van der Waals surface area contributed by atoms with E-state index < -0.39 is 9.84 Å². The Morgan fingerprint density at radius 3 is 2.71 bits per heavy atom. The molecular weight excluding hydrogens is 382 g/mol. The largest absolute Gasteiger partial charge is 0.490 e. The number of hydrogen-bond donors (Lipinski definition) is 2. The SMILES string of the molecule is CS(=O)(=O)c1ccc2c(NC(=O)Cc3ccc4c(c3)OCCCO4)n[nH]c2c1. The molecule has 0 bridgehead atoms. The van der Waals surface area contributed by atoms with Gasteiger partial charge in [0.1, 0.15) is 0 Å². The molecule has 0 atom stereocenters. The first-order valence-electron chi connectivity index (χ1n) is 8.77. The first kappa shape index (κ1) is 18.3. The quantitative estimate of drug-likeness (QED) is 0.694. The summed E-state index contributed by atoms with van der Waals surface area (Å²) in [5.74, 6) is 1.44. The number of nitrogens with one attached hydrogen (secondary N) is 2. The van der Waals surface area contributed by atoms with E-state index in [2.05, 4.69) is 15.5 Å². The van der Waals surface area contributed by atoms with Crippen molar-refractivity contribution in [3.8, 4) is 11.5 Å². The molecule has 2 heterocycles. The number of ether oxygens (including phenoxy) is 2. The van der Waals surface area contributed by atoms with Gasteiger partial charge in [-0.25, -0.2) is 8.42 Å². The van der Waals surface area contributed by atoms with Gasteiger partial charge in [0.2, 0.25) is 5.91 Å². The number of sulfone groups is 1. The molecule has 1 aromatic heterocycles. The lowest BCUT2D eigenvalue weighted by molar-refractivity contribution is -0.115. The van der Waals surface area contributed by atoms with Crippen LogP contribution >= 0.6 is 0 Å². The number of amides is 1. The topological polar surface area (TPSA) is 110 Å². The lowest BCUT2D eigenvalue weighted by atomic mass is 10.1. The zero-order valence-electron chi connectivity index (χ0n) is 15.2. The van der Waals surface area contributed by atoms with E-state index in [-0.39, 0.29) is 17.2 Å². The van der Waals surface area contributed by atoms with Crippen LogP contribution in [0.1, 0.15) is 12.0 Å². The van der Waals surface area contributed by atoms with Crippen LogP contribution in [0.15, 0.2) is 41.3 Å². The molecule has 0 saturated heterocycles. The maximum absolute atomic E-state index is 12.5. The molecule has 8 nitrogen and oxygen atoms in total. The third kappa shape index (κ3) is 3.79. The van der Waals surface area contributed by atoms with E-state index in [0.29, 0.717) is 41.4 Å². The Kier molecular flexibility index (Phi) is 4.68. The molecule has 1 aliphatic rings. The highest BCUT2D eigenvalue weighted by Gasteiger charge is 2.15. The zero-order valence-corrected chi connectivity index (χ0v) is 16.0. The minimum Gasteiger partial charge on any atom is -0.490 e. The van der Waals surface area contributed by atoms with E-state index >= 15 is 0 Å². The van der Waals surface area contributed by atoms with Gasteiger partial charge in [0, 0.05) is 18.1 Å². The monoisotopic (exact) mass is 401 g/mol. The molecule has 1 amide bonds. The molecule has 0 radical (unpaired) electrons. The van der Waals surface area contributed by atoms with Gasteiger partial charge in [0.05, 0.1) is 30.0 Å². The van der Waals surface area contributed by atoms with Crippen molar-refractivity contribution in [2.24, 2.45) is 0 Å². The van der Waals surface area contributed by atoms with Gasteiger partial charge in [0.25, 0.3) is 0 Å². The normalized spacial score (nSPS) is 13.9. The van der Waals surface area contributed by atoms with Crippen molar-refractivity contribution in [1.29, 1.82) is 0 Å². The highest BCUT2D eigenvalue weighted by Crippen LogP contribution is 2.30. The van der Waals surface area contributed by atoms with E-state index in [9.17, 15) is 13.2 Å². The molecular formula is C19H19N3O5S. The Hall–Kier alpha value is -3.07. The van der Waals surface area contributed by atoms with Crippen molar-refractivity contribution in [2.75, 3.05) is 24.8 Å². The molecule has 0 unspecified atom stereocenters. The van der Waals surface area contributed by atoms with Gasteiger partial charge in [-0.3, -0.25) is 9.89 Å². The number of aromatic amines is 1. The van der Waals surface area contributed by atoms with E-state index in [4.69, 9.17) is 9.47 Å². The molecule has 0 saturated carbocycles. The summed E-state index contributed by atoms with van der Waals surface area (Å²) in [6.07, 6.45) is 2.10. The number of rotatable bonds is 4. The van der Waals surface area contributed by atoms with Crippen LogP contribution in [0.2, 0.25) is 0 Å². The molecule has 0 spiro atoms. The number of benzene rings is 2. The molecule has 9 heteroatoms. The molecule has 4 rings (SSSR count). The maximum Gasteiger partial charge on any atom is 0.230 e. The van der Waals surface area contributed by atoms with Crippen LogP contribution in [0.4, 0.5) is 5.82 Å². The third-order valence-corrected chi connectivity index (χ3v) is 5.51. The molecule has 1 aliphatic heterocycles. The number of carbonyl (C=O) groups is 1. The second-order valence-corrected chi connectivity index (χ2v) is 8.62. The Balaban J connectivity index is 1.50. The highest BCUT2D eigenvalue weighted by atomic mass is 32.2. The molecule has 28 heavy (non-hydrogen) atoms. The zero-order chi connectivity index (χ0) is 19.7. The van der Waals surface area contributed by atoms with Crippen molar-refractivity contribution >= 4 is 32.5 Å². The third-order valence-electron chi connectivity index (χ3n) is 4.40. The van der Waals surface area contributed by atoms with Crippen molar-refractivity contribution in [3.63, 3.8) is 0 Å². The number of aromatic nitrogens is 2. The molecule has 0 aliphatic carbocycles. The van der Waals surface area contributed by atoms with E-state index in [1.165, 1.54) is 12.1 Å². The fourth-order valence-corrected chi connectivity index (χ4v) is 3.65. The van der Waals surface area contributed by atoms with Crippen LogP contribution in [-0.2, 0) is 21.1 Å². The van der Waals surface area contributed by atoms with Crippen molar-refractivity contribution in [1.82, 2.24) is 10.2 Å². The summed E-state index contributed by atoms with van der Waals surface area (Å²) >= 11 is 0. The minimum atomic E-state index is -3.32. The Morgan fingerprint density at radius 2 is 1.93 bits per heavy atom. The summed E-state index contributed by atoms with van der Waals surface area (Å²) in [6, 6.07) is 10.1. The predicted octanol–water partition coefficient (Wildman–Crippen LogP) is 2.31. The van der Waals surface area contributed by atoms with Gasteiger partial charge < -0.3 is 14.8 Å². The van der Waals surface area contributed by atoms with Gasteiger partial charge in [-0.2, -0.15) is 5.10 Å². The fourth-order valence-electron chi connectivity index (χ4n) is 3.00. The average Bonchev–Trinajstić information content (AvgIpc) is 2.89. The van der Waals surface area contributed by atoms with Crippen molar-refractivity contribution in [3.05, 3.63) is 42.0 Å². The van der Waals surface area contributed by atoms with Crippen molar-refractivity contribution in [2.45, 2.75) is 17.7 Å². The number of H-pyrrole nitrogens is 1. The van der Waals surface area contributed by atoms with Crippen LogP contribution in [-0.4, -0.2) is 44.0 Å². The molecule has 2 aromatic carbocycles. The molecule has 3 aromatic rings. The van der Waals surface area contributed by atoms with E-state index in [1.54, 1.807) is 18.2 Å². The lowest BCUT2D eigenvalue weighted by Crippen LogP contribution is -2.15. The van der Waals surface area contributed by atoms with Crippen LogP contribution in [0.25, 0.3) is 10.9 Å². The Bertz CT molecular complexity index is 1150. The summed E-state index contributed by atoms with van der Waals surface area (Å²) in [4.78, 5) is 12.6. The van der Waals surface area contributed by atoms with Crippen LogP contribution in [0.3, 0.4) is 0 Å². The smallest absolute Gasteiger partial charge is 0.230 e. The van der Waals surface area contributed by atoms with Crippen LogP contribution in [0.5, 0.6) is 11.5 Å². The Labute approximate surface area is 161 Å². The first-order valence-corrected chi connectivity index (χ1v) is 10.7. The van der Waals surface area contributed by atoms with Gasteiger partial charge in [0.15, 0.2) is 27.2 Å². The van der Waals surface area contributed by atoms with Crippen LogP contribution in [0, 0.1) is 0 Å². The first-order chi connectivity index (χ1) is 13.4. The summed E-state index contributed by atoms with van der Waals surface area (Å²) in [7, 11) is -3.32. The number of hydrogen-bond acceptors (Lipinski definition) is 6. The number of carbonyl (C=O) groups excluding carboxylic acids is 1. The van der Waals surface area contributed by atoms with Gasteiger partial charge in [-0.1, -0.05) is 6.07 Å². The minimum absolute atomic E-state index is 0.145. The van der Waals surface area contributed by atoms with Crippen molar-refractivity contribution < 1.29 is 22.7 Å². The molecule has 146 valence electrons. The second kappa shape index (κ2) is 7.16. The summed E-state index contributed by atoms with van der Waals surface area (Å²) in [5, 5.41) is 10.2. The lowest BCUT2D eigenvalue weighted by Gasteiger charge is -2.09. The number of anilines is 1. The van der Waals surface area contributed by atoms with E-state index in [1.807, 2.05) is 6.07 Å². The maximum atomic E-state index is 12.5. The second-order valence-electron chi connectivity index (χ2n) is 6.61. The number of fused-ring (bicyclic) bond motifs is 2. The highest BCUT2D eigenvalue weighted by molar-refractivity contribution is 7.90. The summed E-state index contributed by atoms with van der Waals surface area (Å²) in [5.41, 5.74) is 1.33. The Morgan fingerprint density at radius 1 is 1.14 bits per heavy atom. The van der Waals surface area contributed by atoms with Gasteiger partial charge in [-0.15, -0.1) is 0 Å². The van der Waals surface area contributed by atoms with Gasteiger partial charge >= 0.3 is 0 Å². The summed E-state index contributed by atoms with van der Waals surface area (Å²) in [6.45, 7) is 1.19. The number of nitrogens with zero attached hydrogens (tertiary/aromatic N) is 1. The van der Waals surface area contributed by atoms with Crippen LogP contribution < -0.4 is 14.8 Å².